The molecule has 5 nitrogen and oxygen atoms in total. The van der Waals surface area contributed by atoms with Crippen molar-refractivity contribution >= 4 is 17.3 Å². The van der Waals surface area contributed by atoms with Crippen LogP contribution in [0.1, 0.15) is 12.0 Å². The molecular weight excluding hydrogens is 240 g/mol. The van der Waals surface area contributed by atoms with Crippen molar-refractivity contribution in [2.75, 3.05) is 0 Å². The van der Waals surface area contributed by atoms with Crippen molar-refractivity contribution in [3.8, 4) is 0 Å². The number of fused-ring (bicyclic) bond motifs is 1. The molecule has 0 unspecified atom stereocenters. The van der Waals surface area contributed by atoms with Gasteiger partial charge >= 0.3 is 0 Å². The summed E-state index contributed by atoms with van der Waals surface area (Å²) < 4.78 is 0. The van der Waals surface area contributed by atoms with Crippen LogP contribution in [0.25, 0.3) is 0 Å². The lowest BCUT2D eigenvalue weighted by Gasteiger charge is -2.08. The van der Waals surface area contributed by atoms with Crippen molar-refractivity contribution in [2.24, 2.45) is 10.2 Å². The van der Waals surface area contributed by atoms with E-state index in [1.54, 1.807) is 12.4 Å². The number of hydrogen-bond donors (Lipinski definition) is 1. The van der Waals surface area contributed by atoms with Crippen LogP contribution in [-0.4, -0.2) is 22.3 Å². The van der Waals surface area contributed by atoms with Gasteiger partial charge < -0.3 is 5.32 Å². The van der Waals surface area contributed by atoms with E-state index < -0.39 is 0 Å². The highest BCUT2D eigenvalue weighted by atomic mass is 16.2. The average Bonchev–Trinajstić information content (AvgIpc) is 2.90. The minimum atomic E-state index is -0.204. The molecule has 3 rings (SSSR count). The van der Waals surface area contributed by atoms with Gasteiger partial charge in [-0.05, 0) is 11.6 Å². The summed E-state index contributed by atoms with van der Waals surface area (Å²) >= 11 is 0. The first-order chi connectivity index (χ1) is 9.34. The van der Waals surface area contributed by atoms with Gasteiger partial charge in [-0.1, -0.05) is 24.3 Å². The number of amides is 1. The molecule has 1 aliphatic carbocycles. The summed E-state index contributed by atoms with van der Waals surface area (Å²) in [6.07, 6.45) is 9.94. The van der Waals surface area contributed by atoms with Crippen molar-refractivity contribution in [1.82, 2.24) is 10.3 Å². The molecule has 0 saturated carbocycles. The smallest absolute Gasteiger partial charge is 0.272 e. The number of rotatable bonds is 3. The van der Waals surface area contributed by atoms with Gasteiger partial charge in [0.05, 0.1) is 5.71 Å². The maximum absolute atomic E-state index is 12.1. The quantitative estimate of drug-likeness (QED) is 0.883. The summed E-state index contributed by atoms with van der Waals surface area (Å²) in [6, 6.07) is 3.75. The zero-order valence-electron chi connectivity index (χ0n) is 10.2. The van der Waals surface area contributed by atoms with E-state index >= 15 is 0 Å². The zero-order chi connectivity index (χ0) is 13.1. The summed E-state index contributed by atoms with van der Waals surface area (Å²) in [6.45, 7) is 0.435. The predicted octanol–water partition coefficient (Wildman–Crippen LogP) is 1.39. The molecule has 0 bridgehead atoms. The fourth-order valence-electron chi connectivity index (χ4n) is 1.96. The van der Waals surface area contributed by atoms with E-state index in [9.17, 15) is 4.79 Å². The molecule has 1 N–H and O–H groups in total. The summed E-state index contributed by atoms with van der Waals surface area (Å²) in [7, 11) is 0. The Morgan fingerprint density at radius 3 is 3.16 bits per heavy atom. The van der Waals surface area contributed by atoms with E-state index in [0.29, 0.717) is 12.3 Å². The second-order valence-electron chi connectivity index (χ2n) is 4.25. The molecule has 0 aromatic carbocycles. The highest BCUT2D eigenvalue weighted by Gasteiger charge is 2.25. The van der Waals surface area contributed by atoms with Crippen LogP contribution in [-0.2, 0) is 11.3 Å². The van der Waals surface area contributed by atoms with Crippen LogP contribution in [0.4, 0.5) is 0 Å². The maximum Gasteiger partial charge on any atom is 0.272 e. The van der Waals surface area contributed by atoms with Crippen LogP contribution in [0.2, 0.25) is 0 Å². The molecule has 0 fully saturated rings. The number of nitrogens with one attached hydrogen (secondary N) is 1. The summed E-state index contributed by atoms with van der Waals surface area (Å²) in [5.74, 6) is -0.204. The van der Waals surface area contributed by atoms with Crippen LogP contribution >= 0.6 is 0 Å². The molecule has 19 heavy (non-hydrogen) atoms. The second-order valence-corrected chi connectivity index (χ2v) is 4.25. The van der Waals surface area contributed by atoms with E-state index in [-0.39, 0.29) is 5.91 Å². The molecule has 0 spiro atoms. The third kappa shape index (κ3) is 2.35. The van der Waals surface area contributed by atoms with Crippen molar-refractivity contribution in [2.45, 2.75) is 13.0 Å². The topological polar surface area (TPSA) is 66.7 Å². The highest BCUT2D eigenvalue weighted by molar-refractivity contribution is 6.53. The van der Waals surface area contributed by atoms with Gasteiger partial charge in [0.25, 0.3) is 5.91 Å². The summed E-state index contributed by atoms with van der Waals surface area (Å²) in [5, 5.41) is 10.8. The van der Waals surface area contributed by atoms with E-state index in [1.165, 1.54) is 0 Å². The first kappa shape index (κ1) is 11.5. The minimum absolute atomic E-state index is 0.204. The molecule has 1 aromatic heterocycles. The molecule has 1 aliphatic heterocycles. The molecule has 2 heterocycles. The zero-order valence-corrected chi connectivity index (χ0v) is 10.2. The molecule has 1 amide bonds. The number of aromatic nitrogens is 1. The Labute approximate surface area is 110 Å². The molecular formula is C14H12N4O. The van der Waals surface area contributed by atoms with Crippen molar-refractivity contribution in [3.05, 3.63) is 53.9 Å². The van der Waals surface area contributed by atoms with E-state index in [1.807, 2.05) is 30.4 Å². The van der Waals surface area contributed by atoms with Gasteiger partial charge in [0.15, 0.2) is 5.71 Å². The third-order valence-corrected chi connectivity index (χ3v) is 2.94. The van der Waals surface area contributed by atoms with Gasteiger partial charge in [0, 0.05) is 30.9 Å². The lowest BCUT2D eigenvalue weighted by atomic mass is 9.98. The van der Waals surface area contributed by atoms with E-state index in [4.69, 9.17) is 0 Å². The van der Waals surface area contributed by atoms with Gasteiger partial charge in [-0.25, -0.2) is 0 Å². The monoisotopic (exact) mass is 252 g/mol. The Hall–Kier alpha value is -2.56. The lowest BCUT2D eigenvalue weighted by molar-refractivity contribution is -0.114. The molecule has 0 radical (unpaired) electrons. The molecule has 0 atom stereocenters. The van der Waals surface area contributed by atoms with Gasteiger partial charge in [-0.15, -0.1) is 5.10 Å². The van der Waals surface area contributed by atoms with Crippen LogP contribution in [0.15, 0.2) is 58.5 Å². The number of carbonyl (C=O) groups excluding carboxylic acids is 1. The average molecular weight is 252 g/mol. The van der Waals surface area contributed by atoms with Crippen molar-refractivity contribution in [1.29, 1.82) is 0 Å². The Morgan fingerprint density at radius 2 is 2.32 bits per heavy atom. The Balaban J connectivity index is 1.66. The number of carbonyl (C=O) groups is 1. The van der Waals surface area contributed by atoms with Crippen LogP contribution in [0, 0.1) is 0 Å². The molecule has 5 heteroatoms. The lowest BCUT2D eigenvalue weighted by Crippen LogP contribution is -2.32. The van der Waals surface area contributed by atoms with Crippen LogP contribution in [0.5, 0.6) is 0 Å². The predicted molar refractivity (Wildman–Crippen MR) is 72.8 cm³/mol. The Bertz CT molecular complexity index is 626. The fourth-order valence-corrected chi connectivity index (χ4v) is 1.96. The van der Waals surface area contributed by atoms with Crippen LogP contribution in [0.3, 0.4) is 0 Å². The Morgan fingerprint density at radius 1 is 1.37 bits per heavy atom. The molecule has 1 aromatic rings. The van der Waals surface area contributed by atoms with Gasteiger partial charge in [-0.2, -0.15) is 5.10 Å². The SMILES string of the molecule is O=C(NCc1cccnc1)C1=NN=C2CC=CC=C21. The van der Waals surface area contributed by atoms with Gasteiger partial charge in [-0.3, -0.25) is 9.78 Å². The standard InChI is InChI=1S/C14H12N4O/c19-14(16-9-10-4-3-7-15-8-10)13-11-5-1-2-6-12(11)17-18-13/h1-5,7-8H,6,9H2,(H,16,19). The van der Waals surface area contributed by atoms with Gasteiger partial charge in [0.2, 0.25) is 0 Å². The maximum atomic E-state index is 12.1. The molecule has 2 aliphatic rings. The van der Waals surface area contributed by atoms with E-state index in [0.717, 1.165) is 23.3 Å². The van der Waals surface area contributed by atoms with Gasteiger partial charge in [0.1, 0.15) is 0 Å². The third-order valence-electron chi connectivity index (χ3n) is 2.94. The normalized spacial score (nSPS) is 16.3. The summed E-state index contributed by atoms with van der Waals surface area (Å²) in [5.41, 5.74) is 3.02. The van der Waals surface area contributed by atoms with Crippen molar-refractivity contribution in [3.63, 3.8) is 0 Å². The van der Waals surface area contributed by atoms with Crippen LogP contribution < -0.4 is 5.32 Å². The van der Waals surface area contributed by atoms with E-state index in [2.05, 4.69) is 20.5 Å². The fraction of sp³-hybridized carbons (Fsp3) is 0.143. The largest absolute Gasteiger partial charge is 0.346 e. The summed E-state index contributed by atoms with van der Waals surface area (Å²) in [4.78, 5) is 16.1. The number of nitrogens with zero attached hydrogens (tertiary/aromatic N) is 3. The first-order valence-corrected chi connectivity index (χ1v) is 6.04. The first-order valence-electron chi connectivity index (χ1n) is 6.04. The second kappa shape index (κ2) is 4.97. The minimum Gasteiger partial charge on any atom is -0.346 e. The Kier molecular flexibility index (Phi) is 3.02. The molecule has 94 valence electrons. The highest BCUT2D eigenvalue weighted by Crippen LogP contribution is 2.17. The number of hydrogen-bond acceptors (Lipinski definition) is 4. The number of pyridine rings is 1. The number of allylic oxidation sites excluding steroid dienone is 3. The molecule has 0 saturated heterocycles. The van der Waals surface area contributed by atoms with Crippen molar-refractivity contribution < 1.29 is 4.79 Å².